The summed E-state index contributed by atoms with van der Waals surface area (Å²) in [6.45, 7) is 0. The third-order valence-electron chi connectivity index (χ3n) is 6.99. The van der Waals surface area contributed by atoms with Crippen molar-refractivity contribution in [3.05, 3.63) is 166 Å². The minimum Gasteiger partial charge on any atom is -0.323 e. The van der Waals surface area contributed by atoms with Crippen LogP contribution in [-0.2, 0) is 15.8 Å². The molecule has 0 saturated heterocycles. The maximum Gasteiger partial charge on any atom is 0.416 e. The van der Waals surface area contributed by atoms with E-state index in [1.165, 1.54) is 24.3 Å². The number of benzene rings is 5. The predicted molar refractivity (Wildman–Crippen MR) is 183 cm³/mol. The van der Waals surface area contributed by atoms with Crippen molar-refractivity contribution in [2.75, 3.05) is 10.6 Å². The van der Waals surface area contributed by atoms with Crippen molar-refractivity contribution in [1.82, 2.24) is 5.32 Å². The van der Waals surface area contributed by atoms with Crippen LogP contribution in [0.1, 0.15) is 32.3 Å². The van der Waals surface area contributed by atoms with E-state index in [2.05, 4.69) is 16.0 Å². The second kappa shape index (κ2) is 15.7. The molecule has 0 bridgehead atoms. The van der Waals surface area contributed by atoms with E-state index in [0.717, 1.165) is 30.0 Å². The standard InChI is InChI=1S/C37H26ClF4N3O3S/c38-29-20-15-26(37(40,41)42)22-31(29)44-36(48)33(23-9-3-1-4-10-23)49-28-18-16-27(17-19-28)43-35(47)32(21-25-13-7-8-14-30(25)39)45-34(46)24-11-5-2-6-12-24/h1-22,33H,(H,43,47)(H,44,48)(H,45,46)/b32-21-. The first kappa shape index (κ1) is 34.9. The number of halogens is 5. The number of carbonyl (C=O) groups excluding carboxylic acids is 3. The van der Waals surface area contributed by atoms with Gasteiger partial charge in [0.05, 0.1) is 16.3 Å². The summed E-state index contributed by atoms with van der Waals surface area (Å²) in [6.07, 6.45) is -3.40. The van der Waals surface area contributed by atoms with Gasteiger partial charge in [0.25, 0.3) is 11.8 Å². The number of carbonyl (C=O) groups is 3. The maximum absolute atomic E-state index is 14.5. The molecule has 0 aliphatic carbocycles. The molecule has 12 heteroatoms. The summed E-state index contributed by atoms with van der Waals surface area (Å²) in [5, 5.41) is 6.83. The van der Waals surface area contributed by atoms with Gasteiger partial charge in [0.1, 0.15) is 16.8 Å². The number of thioether (sulfide) groups is 1. The molecule has 0 fully saturated rings. The smallest absolute Gasteiger partial charge is 0.323 e. The Morgan fingerprint density at radius 3 is 2.04 bits per heavy atom. The first-order valence-corrected chi connectivity index (χ1v) is 15.9. The molecule has 3 amide bonds. The Kier molecular flexibility index (Phi) is 11.2. The number of hydrogen-bond acceptors (Lipinski definition) is 4. The first-order valence-electron chi connectivity index (χ1n) is 14.6. The largest absolute Gasteiger partial charge is 0.416 e. The Balaban J connectivity index is 1.34. The number of amides is 3. The summed E-state index contributed by atoms with van der Waals surface area (Å²) in [4.78, 5) is 40.3. The molecule has 5 aromatic rings. The lowest BCUT2D eigenvalue weighted by Gasteiger charge is -2.19. The van der Waals surface area contributed by atoms with Crippen LogP contribution in [0.15, 0.2) is 138 Å². The molecule has 0 aliphatic rings. The van der Waals surface area contributed by atoms with E-state index in [1.807, 2.05) is 0 Å². The Labute approximate surface area is 288 Å². The molecule has 5 aromatic carbocycles. The Hall–Kier alpha value is -5.39. The van der Waals surface area contributed by atoms with Crippen LogP contribution in [0.2, 0.25) is 5.02 Å². The Bertz CT molecular complexity index is 1990. The zero-order chi connectivity index (χ0) is 35.0. The molecule has 1 unspecified atom stereocenters. The summed E-state index contributed by atoms with van der Waals surface area (Å²) < 4.78 is 54.4. The minimum atomic E-state index is -4.63. The molecule has 1 atom stereocenters. The van der Waals surface area contributed by atoms with Crippen LogP contribution in [0.5, 0.6) is 0 Å². The lowest BCUT2D eigenvalue weighted by Crippen LogP contribution is -2.30. The molecule has 0 saturated carbocycles. The maximum atomic E-state index is 14.5. The summed E-state index contributed by atoms with van der Waals surface area (Å²) in [7, 11) is 0. The highest BCUT2D eigenvalue weighted by Gasteiger charge is 2.32. The van der Waals surface area contributed by atoms with E-state index in [9.17, 15) is 31.9 Å². The highest BCUT2D eigenvalue weighted by Crippen LogP contribution is 2.39. The molecular weight excluding hydrogens is 678 g/mol. The van der Waals surface area contributed by atoms with Gasteiger partial charge in [-0.1, -0.05) is 78.3 Å². The van der Waals surface area contributed by atoms with Gasteiger partial charge in [-0.05, 0) is 72.3 Å². The van der Waals surface area contributed by atoms with Gasteiger partial charge < -0.3 is 16.0 Å². The summed E-state index contributed by atoms with van der Waals surface area (Å²) >= 11 is 7.25. The Morgan fingerprint density at radius 2 is 1.39 bits per heavy atom. The van der Waals surface area contributed by atoms with Gasteiger partial charge in [-0.2, -0.15) is 13.2 Å². The monoisotopic (exact) mass is 703 g/mol. The van der Waals surface area contributed by atoms with Gasteiger partial charge >= 0.3 is 6.18 Å². The summed E-state index contributed by atoms with van der Waals surface area (Å²) in [5.41, 5.74) is -0.0407. The van der Waals surface area contributed by atoms with Crippen LogP contribution < -0.4 is 16.0 Å². The second-order valence-corrected chi connectivity index (χ2v) is 12.1. The third-order valence-corrected chi connectivity index (χ3v) is 8.59. The lowest BCUT2D eigenvalue weighted by atomic mass is 10.1. The quantitative estimate of drug-likeness (QED) is 0.0769. The fraction of sp³-hybridized carbons (Fsp3) is 0.0541. The zero-order valence-corrected chi connectivity index (χ0v) is 26.9. The van der Waals surface area contributed by atoms with Crippen molar-refractivity contribution >= 4 is 58.5 Å². The van der Waals surface area contributed by atoms with Crippen LogP contribution in [-0.4, -0.2) is 17.7 Å². The van der Waals surface area contributed by atoms with E-state index in [0.29, 0.717) is 21.7 Å². The average molecular weight is 704 g/mol. The number of nitrogens with one attached hydrogen (secondary N) is 3. The van der Waals surface area contributed by atoms with Gasteiger partial charge in [0, 0.05) is 21.7 Å². The van der Waals surface area contributed by atoms with E-state index in [4.69, 9.17) is 11.6 Å². The average Bonchev–Trinajstić information content (AvgIpc) is 3.09. The molecule has 0 radical (unpaired) electrons. The fourth-order valence-electron chi connectivity index (χ4n) is 4.54. The van der Waals surface area contributed by atoms with Crippen molar-refractivity contribution in [3.63, 3.8) is 0 Å². The van der Waals surface area contributed by atoms with Crippen LogP contribution in [0, 0.1) is 5.82 Å². The van der Waals surface area contributed by atoms with Crippen LogP contribution in [0.3, 0.4) is 0 Å². The topological polar surface area (TPSA) is 87.3 Å². The molecule has 49 heavy (non-hydrogen) atoms. The van der Waals surface area contributed by atoms with Crippen molar-refractivity contribution in [1.29, 1.82) is 0 Å². The van der Waals surface area contributed by atoms with Crippen molar-refractivity contribution in [2.45, 2.75) is 16.3 Å². The fourth-order valence-corrected chi connectivity index (χ4v) is 5.73. The van der Waals surface area contributed by atoms with E-state index in [1.54, 1.807) is 91.0 Å². The number of anilines is 2. The van der Waals surface area contributed by atoms with Gasteiger partial charge in [0.15, 0.2) is 0 Å². The molecule has 248 valence electrons. The van der Waals surface area contributed by atoms with Gasteiger partial charge in [-0.25, -0.2) is 4.39 Å². The molecule has 0 aliphatic heterocycles. The highest BCUT2D eigenvalue weighted by atomic mass is 35.5. The summed E-state index contributed by atoms with van der Waals surface area (Å²) in [5.74, 6) is -2.48. The van der Waals surface area contributed by atoms with E-state index >= 15 is 0 Å². The van der Waals surface area contributed by atoms with Crippen LogP contribution in [0.4, 0.5) is 28.9 Å². The van der Waals surface area contributed by atoms with Crippen LogP contribution >= 0.6 is 23.4 Å². The first-order chi connectivity index (χ1) is 23.5. The molecule has 0 spiro atoms. The minimum absolute atomic E-state index is 0.0540. The van der Waals surface area contributed by atoms with Gasteiger partial charge in [-0.15, -0.1) is 11.8 Å². The zero-order valence-electron chi connectivity index (χ0n) is 25.3. The second-order valence-electron chi connectivity index (χ2n) is 10.5. The highest BCUT2D eigenvalue weighted by molar-refractivity contribution is 8.00. The number of alkyl halides is 3. The molecular formula is C37H26ClF4N3O3S. The van der Waals surface area contributed by atoms with Crippen molar-refractivity contribution in [3.8, 4) is 0 Å². The van der Waals surface area contributed by atoms with Crippen molar-refractivity contribution in [2.24, 2.45) is 0 Å². The Morgan fingerprint density at radius 1 is 0.755 bits per heavy atom. The van der Waals surface area contributed by atoms with E-state index in [-0.39, 0.29) is 22.0 Å². The molecule has 3 N–H and O–H groups in total. The van der Waals surface area contributed by atoms with Crippen LogP contribution in [0.25, 0.3) is 6.08 Å². The predicted octanol–water partition coefficient (Wildman–Crippen LogP) is 9.38. The number of rotatable bonds is 10. The SMILES string of the molecule is O=C(Nc1ccc(SC(C(=O)Nc2cc(C(F)(F)F)ccc2Cl)c2ccccc2)cc1)/C(=C/c1ccccc1F)NC(=O)c1ccccc1. The number of hydrogen-bond donors (Lipinski definition) is 3. The molecule has 6 nitrogen and oxygen atoms in total. The van der Waals surface area contributed by atoms with Gasteiger partial charge in [-0.3, -0.25) is 14.4 Å². The van der Waals surface area contributed by atoms with E-state index < -0.39 is 40.5 Å². The molecule has 0 aromatic heterocycles. The van der Waals surface area contributed by atoms with Crippen molar-refractivity contribution < 1.29 is 31.9 Å². The van der Waals surface area contributed by atoms with Gasteiger partial charge in [0.2, 0.25) is 5.91 Å². The lowest BCUT2D eigenvalue weighted by molar-refractivity contribution is -0.137. The third kappa shape index (κ3) is 9.37. The normalized spacial score (nSPS) is 12.1. The molecule has 0 heterocycles. The molecule has 5 rings (SSSR count). The summed E-state index contributed by atoms with van der Waals surface area (Å²) in [6, 6.07) is 31.8.